The molecule has 0 spiro atoms. The highest BCUT2D eigenvalue weighted by atomic mass is 16.3. The van der Waals surface area contributed by atoms with Crippen molar-refractivity contribution in [2.75, 3.05) is 0 Å². The molecule has 2 rings (SSSR count). The molecule has 1 nitrogen and oxygen atoms in total. The molecule has 0 heterocycles. The SMILES string of the molecule is CC(C)c1cc(O)cc2c1C=CC2. The van der Waals surface area contributed by atoms with E-state index in [1.165, 1.54) is 16.7 Å². The van der Waals surface area contributed by atoms with E-state index < -0.39 is 0 Å². The molecule has 0 atom stereocenters. The second-order valence-electron chi connectivity index (χ2n) is 3.87. The van der Waals surface area contributed by atoms with Crippen LogP contribution in [-0.2, 0) is 6.42 Å². The molecule has 0 amide bonds. The smallest absolute Gasteiger partial charge is 0.116 e. The van der Waals surface area contributed by atoms with Crippen molar-refractivity contribution in [1.82, 2.24) is 0 Å². The first-order chi connectivity index (χ1) is 6.18. The molecule has 1 aliphatic carbocycles. The fourth-order valence-electron chi connectivity index (χ4n) is 1.87. The molecular weight excluding hydrogens is 160 g/mol. The summed E-state index contributed by atoms with van der Waals surface area (Å²) in [5.41, 5.74) is 3.82. The van der Waals surface area contributed by atoms with Gasteiger partial charge in [-0.1, -0.05) is 26.0 Å². The van der Waals surface area contributed by atoms with E-state index in [2.05, 4.69) is 26.0 Å². The molecular formula is C12H14O. The average molecular weight is 174 g/mol. The normalized spacial score (nSPS) is 13.8. The number of benzene rings is 1. The van der Waals surface area contributed by atoms with E-state index in [1.807, 2.05) is 12.1 Å². The quantitative estimate of drug-likeness (QED) is 0.693. The summed E-state index contributed by atoms with van der Waals surface area (Å²) in [6.45, 7) is 4.31. The minimum Gasteiger partial charge on any atom is -0.508 e. The van der Waals surface area contributed by atoms with Crippen LogP contribution in [0.4, 0.5) is 0 Å². The van der Waals surface area contributed by atoms with E-state index in [9.17, 15) is 5.11 Å². The number of hydrogen-bond acceptors (Lipinski definition) is 1. The second kappa shape index (κ2) is 2.91. The minimum absolute atomic E-state index is 0.395. The van der Waals surface area contributed by atoms with Gasteiger partial charge >= 0.3 is 0 Å². The molecule has 0 saturated carbocycles. The van der Waals surface area contributed by atoms with Gasteiger partial charge in [0.1, 0.15) is 5.75 Å². The number of aromatic hydroxyl groups is 1. The Labute approximate surface area is 78.7 Å². The fourth-order valence-corrected chi connectivity index (χ4v) is 1.87. The van der Waals surface area contributed by atoms with Gasteiger partial charge in [-0.05, 0) is 41.2 Å². The van der Waals surface area contributed by atoms with Crippen LogP contribution in [0.25, 0.3) is 6.08 Å². The van der Waals surface area contributed by atoms with Gasteiger partial charge in [-0.3, -0.25) is 0 Å². The summed E-state index contributed by atoms with van der Waals surface area (Å²) < 4.78 is 0. The Kier molecular flexibility index (Phi) is 1.87. The van der Waals surface area contributed by atoms with Gasteiger partial charge in [-0.2, -0.15) is 0 Å². The summed E-state index contributed by atoms with van der Waals surface area (Å²) in [7, 11) is 0. The standard InChI is InChI=1S/C12H14O/c1-8(2)12-7-10(13)6-9-4-3-5-11(9)12/h3,5-8,13H,4H2,1-2H3. The lowest BCUT2D eigenvalue weighted by molar-refractivity contribution is 0.473. The van der Waals surface area contributed by atoms with Crippen LogP contribution in [0.3, 0.4) is 0 Å². The van der Waals surface area contributed by atoms with Crippen LogP contribution in [0.2, 0.25) is 0 Å². The molecule has 1 aromatic carbocycles. The molecule has 1 heteroatoms. The summed E-state index contributed by atoms with van der Waals surface area (Å²) in [5, 5.41) is 9.50. The van der Waals surface area contributed by atoms with Crippen molar-refractivity contribution in [2.24, 2.45) is 0 Å². The van der Waals surface area contributed by atoms with E-state index in [4.69, 9.17) is 0 Å². The minimum atomic E-state index is 0.395. The number of phenols is 1. The molecule has 13 heavy (non-hydrogen) atoms. The Morgan fingerprint density at radius 3 is 2.77 bits per heavy atom. The lowest BCUT2D eigenvalue weighted by atomic mass is 9.94. The Morgan fingerprint density at radius 1 is 1.31 bits per heavy atom. The van der Waals surface area contributed by atoms with Crippen LogP contribution >= 0.6 is 0 Å². The van der Waals surface area contributed by atoms with Gasteiger partial charge in [0.25, 0.3) is 0 Å². The van der Waals surface area contributed by atoms with Gasteiger partial charge in [0.05, 0.1) is 0 Å². The van der Waals surface area contributed by atoms with Crippen molar-refractivity contribution in [3.05, 3.63) is 34.9 Å². The van der Waals surface area contributed by atoms with Crippen LogP contribution in [0, 0.1) is 0 Å². The predicted octanol–water partition coefficient (Wildman–Crippen LogP) is 3.08. The average Bonchev–Trinajstić information content (AvgIpc) is 2.49. The summed E-state index contributed by atoms with van der Waals surface area (Å²) in [4.78, 5) is 0. The highest BCUT2D eigenvalue weighted by molar-refractivity contribution is 5.65. The first kappa shape index (κ1) is 8.36. The van der Waals surface area contributed by atoms with E-state index >= 15 is 0 Å². The maximum atomic E-state index is 9.50. The van der Waals surface area contributed by atoms with Crippen LogP contribution in [0.15, 0.2) is 18.2 Å². The van der Waals surface area contributed by atoms with Crippen molar-refractivity contribution in [2.45, 2.75) is 26.2 Å². The zero-order valence-corrected chi connectivity index (χ0v) is 8.04. The van der Waals surface area contributed by atoms with Gasteiger partial charge in [0.15, 0.2) is 0 Å². The molecule has 1 aromatic rings. The number of rotatable bonds is 1. The van der Waals surface area contributed by atoms with Crippen molar-refractivity contribution < 1.29 is 5.11 Å². The van der Waals surface area contributed by atoms with E-state index in [1.54, 1.807) is 0 Å². The van der Waals surface area contributed by atoms with Crippen LogP contribution < -0.4 is 0 Å². The molecule has 0 saturated heterocycles. The van der Waals surface area contributed by atoms with Gasteiger partial charge < -0.3 is 5.11 Å². The largest absolute Gasteiger partial charge is 0.508 e. The summed E-state index contributed by atoms with van der Waals surface area (Å²) in [6, 6.07) is 3.74. The highest BCUT2D eigenvalue weighted by Crippen LogP contribution is 2.32. The molecule has 0 aliphatic heterocycles. The number of phenolic OH excluding ortho intramolecular Hbond substituents is 1. The predicted molar refractivity (Wildman–Crippen MR) is 54.9 cm³/mol. The highest BCUT2D eigenvalue weighted by Gasteiger charge is 2.13. The fraction of sp³-hybridized carbons (Fsp3) is 0.333. The van der Waals surface area contributed by atoms with Crippen molar-refractivity contribution in [3.8, 4) is 5.75 Å². The van der Waals surface area contributed by atoms with Gasteiger partial charge in [-0.15, -0.1) is 0 Å². The summed E-state index contributed by atoms with van der Waals surface area (Å²) in [5.74, 6) is 0.870. The van der Waals surface area contributed by atoms with Crippen LogP contribution in [0.5, 0.6) is 5.75 Å². The second-order valence-corrected chi connectivity index (χ2v) is 3.87. The van der Waals surface area contributed by atoms with E-state index in [-0.39, 0.29) is 0 Å². The molecule has 0 fully saturated rings. The summed E-state index contributed by atoms with van der Waals surface area (Å²) >= 11 is 0. The maximum Gasteiger partial charge on any atom is 0.116 e. The van der Waals surface area contributed by atoms with Crippen LogP contribution in [0.1, 0.15) is 36.5 Å². The molecule has 0 unspecified atom stereocenters. The maximum absolute atomic E-state index is 9.50. The van der Waals surface area contributed by atoms with Crippen molar-refractivity contribution in [1.29, 1.82) is 0 Å². The van der Waals surface area contributed by atoms with Gasteiger partial charge in [-0.25, -0.2) is 0 Å². The third-order valence-corrected chi connectivity index (χ3v) is 2.53. The van der Waals surface area contributed by atoms with Crippen LogP contribution in [-0.4, -0.2) is 5.11 Å². The Morgan fingerprint density at radius 2 is 2.08 bits per heavy atom. The zero-order valence-electron chi connectivity index (χ0n) is 8.04. The number of allylic oxidation sites excluding steroid dienone is 1. The Hall–Kier alpha value is -1.24. The molecule has 0 aromatic heterocycles. The van der Waals surface area contributed by atoms with Gasteiger partial charge in [0, 0.05) is 0 Å². The first-order valence-corrected chi connectivity index (χ1v) is 4.71. The first-order valence-electron chi connectivity index (χ1n) is 4.71. The lowest BCUT2D eigenvalue weighted by Gasteiger charge is -2.11. The monoisotopic (exact) mass is 174 g/mol. The third-order valence-electron chi connectivity index (χ3n) is 2.53. The van der Waals surface area contributed by atoms with Crippen molar-refractivity contribution in [3.63, 3.8) is 0 Å². The lowest BCUT2D eigenvalue weighted by Crippen LogP contribution is -1.93. The molecule has 0 radical (unpaired) electrons. The Balaban J connectivity index is 2.60. The third kappa shape index (κ3) is 1.35. The topological polar surface area (TPSA) is 20.2 Å². The summed E-state index contributed by atoms with van der Waals surface area (Å²) in [6.07, 6.45) is 5.27. The number of hydrogen-bond donors (Lipinski definition) is 1. The van der Waals surface area contributed by atoms with Crippen molar-refractivity contribution >= 4 is 6.08 Å². The number of fused-ring (bicyclic) bond motifs is 1. The van der Waals surface area contributed by atoms with Gasteiger partial charge in [0.2, 0.25) is 0 Å². The Bertz CT molecular complexity index is 362. The molecule has 1 aliphatic rings. The zero-order chi connectivity index (χ0) is 9.42. The molecule has 0 bridgehead atoms. The molecule has 1 N–H and O–H groups in total. The molecule has 68 valence electrons. The van der Waals surface area contributed by atoms with E-state index in [0.29, 0.717) is 11.7 Å². The van der Waals surface area contributed by atoms with E-state index in [0.717, 1.165) is 6.42 Å².